The summed E-state index contributed by atoms with van der Waals surface area (Å²) in [7, 11) is 0. The van der Waals surface area contributed by atoms with E-state index in [2.05, 4.69) is 5.32 Å². The van der Waals surface area contributed by atoms with Crippen molar-refractivity contribution in [1.82, 2.24) is 5.32 Å². The minimum absolute atomic E-state index is 0.394. The van der Waals surface area contributed by atoms with Crippen molar-refractivity contribution in [2.45, 2.75) is 6.42 Å². The van der Waals surface area contributed by atoms with Crippen LogP contribution in [0.1, 0.15) is 6.42 Å². The molecular weight excluding hydrogens is 244 g/mol. The molecule has 0 unspecified atom stereocenters. The van der Waals surface area contributed by atoms with Gasteiger partial charge in [-0.25, -0.2) is 4.79 Å². The first-order chi connectivity index (χ1) is 9.31. The number of nitrogens with one attached hydrogen (secondary N) is 1. The van der Waals surface area contributed by atoms with Gasteiger partial charge >= 0.3 is 5.63 Å². The molecule has 19 heavy (non-hydrogen) atoms. The molecule has 1 aromatic heterocycles. The van der Waals surface area contributed by atoms with Gasteiger partial charge in [0.2, 0.25) is 0 Å². The molecule has 3 N–H and O–H groups in total. The van der Waals surface area contributed by atoms with Gasteiger partial charge in [-0.1, -0.05) is 12.1 Å². The summed E-state index contributed by atoms with van der Waals surface area (Å²) in [6.07, 6.45) is 0.856. The lowest BCUT2D eigenvalue weighted by Gasteiger charge is -2.08. The van der Waals surface area contributed by atoms with Crippen molar-refractivity contribution in [1.29, 1.82) is 0 Å². The molecular formula is C14H18N2O3. The van der Waals surface area contributed by atoms with E-state index in [9.17, 15) is 4.79 Å². The first kappa shape index (κ1) is 13.6. The summed E-state index contributed by atoms with van der Waals surface area (Å²) < 4.78 is 10.7. The zero-order valence-electron chi connectivity index (χ0n) is 10.7. The summed E-state index contributed by atoms with van der Waals surface area (Å²) in [6, 6.07) is 8.73. The van der Waals surface area contributed by atoms with Crippen molar-refractivity contribution in [3.05, 3.63) is 40.8 Å². The highest BCUT2D eigenvalue weighted by Gasteiger charge is 2.05. The standard InChI is InChI=1S/C14H18N2O3/c15-6-8-16-7-3-9-18-13-10-14(17)19-12-5-2-1-4-11(12)13/h1-2,4-5,10,16H,3,6-9,15H2. The maximum absolute atomic E-state index is 11.4. The second-order valence-electron chi connectivity index (χ2n) is 4.17. The number of fused-ring (bicyclic) bond motifs is 1. The van der Waals surface area contributed by atoms with Crippen LogP contribution in [-0.4, -0.2) is 26.2 Å². The fourth-order valence-electron chi connectivity index (χ4n) is 1.81. The molecule has 0 aliphatic carbocycles. The topological polar surface area (TPSA) is 77.5 Å². The predicted octanol–water partition coefficient (Wildman–Crippen LogP) is 1.11. The Balaban J connectivity index is 1.98. The lowest BCUT2D eigenvalue weighted by atomic mass is 10.2. The molecule has 0 bridgehead atoms. The van der Waals surface area contributed by atoms with Crippen LogP contribution in [0, 0.1) is 0 Å². The van der Waals surface area contributed by atoms with Crippen molar-refractivity contribution in [3.63, 3.8) is 0 Å². The molecule has 0 aliphatic rings. The Kier molecular flexibility index (Phi) is 4.94. The predicted molar refractivity (Wildman–Crippen MR) is 74.5 cm³/mol. The van der Waals surface area contributed by atoms with E-state index in [1.807, 2.05) is 18.2 Å². The third kappa shape index (κ3) is 3.81. The number of hydrogen-bond acceptors (Lipinski definition) is 5. The van der Waals surface area contributed by atoms with Crippen LogP contribution in [-0.2, 0) is 0 Å². The van der Waals surface area contributed by atoms with Crippen LogP contribution in [0.15, 0.2) is 39.5 Å². The Labute approximate surface area is 111 Å². The third-order valence-electron chi connectivity index (χ3n) is 2.69. The van der Waals surface area contributed by atoms with Gasteiger partial charge in [-0.05, 0) is 25.1 Å². The summed E-state index contributed by atoms with van der Waals surface area (Å²) in [6.45, 7) is 2.82. The van der Waals surface area contributed by atoms with Gasteiger partial charge in [-0.15, -0.1) is 0 Å². The molecule has 5 nitrogen and oxygen atoms in total. The summed E-state index contributed by atoms with van der Waals surface area (Å²) in [4.78, 5) is 11.4. The van der Waals surface area contributed by atoms with E-state index in [1.54, 1.807) is 6.07 Å². The number of hydrogen-bond donors (Lipinski definition) is 2. The smallest absolute Gasteiger partial charge is 0.339 e. The van der Waals surface area contributed by atoms with Crippen LogP contribution >= 0.6 is 0 Å². The van der Waals surface area contributed by atoms with Gasteiger partial charge in [-0.3, -0.25) is 0 Å². The zero-order chi connectivity index (χ0) is 13.5. The van der Waals surface area contributed by atoms with Crippen molar-refractivity contribution in [2.24, 2.45) is 5.73 Å². The van der Waals surface area contributed by atoms with Crippen LogP contribution < -0.4 is 21.4 Å². The number of nitrogens with two attached hydrogens (primary N) is 1. The Morgan fingerprint density at radius 1 is 1.26 bits per heavy atom. The average molecular weight is 262 g/mol. The van der Waals surface area contributed by atoms with Crippen molar-refractivity contribution < 1.29 is 9.15 Å². The van der Waals surface area contributed by atoms with Gasteiger partial charge in [0.05, 0.1) is 18.1 Å². The number of benzene rings is 1. The van der Waals surface area contributed by atoms with Gasteiger partial charge in [0.15, 0.2) is 0 Å². The highest BCUT2D eigenvalue weighted by Crippen LogP contribution is 2.23. The molecule has 1 heterocycles. The molecule has 0 radical (unpaired) electrons. The molecule has 0 amide bonds. The van der Waals surface area contributed by atoms with Crippen molar-refractivity contribution in [3.8, 4) is 5.75 Å². The van der Waals surface area contributed by atoms with Crippen molar-refractivity contribution in [2.75, 3.05) is 26.2 Å². The quantitative estimate of drug-likeness (QED) is 0.577. The lowest BCUT2D eigenvalue weighted by molar-refractivity contribution is 0.309. The highest BCUT2D eigenvalue weighted by molar-refractivity contribution is 5.82. The highest BCUT2D eigenvalue weighted by atomic mass is 16.5. The fourth-order valence-corrected chi connectivity index (χ4v) is 1.81. The minimum Gasteiger partial charge on any atom is -0.492 e. The molecule has 0 spiro atoms. The molecule has 102 valence electrons. The van der Waals surface area contributed by atoms with Crippen LogP contribution in [0.5, 0.6) is 5.75 Å². The van der Waals surface area contributed by atoms with E-state index in [1.165, 1.54) is 6.07 Å². The number of rotatable bonds is 7. The normalized spacial score (nSPS) is 10.8. The summed E-state index contributed by atoms with van der Waals surface area (Å²) in [5.74, 6) is 0.575. The first-order valence-electron chi connectivity index (χ1n) is 6.38. The third-order valence-corrected chi connectivity index (χ3v) is 2.69. The van der Waals surface area contributed by atoms with E-state index in [4.69, 9.17) is 14.9 Å². The number of para-hydroxylation sites is 1. The summed E-state index contributed by atoms with van der Waals surface area (Å²) in [5.41, 5.74) is 5.53. The minimum atomic E-state index is -0.394. The average Bonchev–Trinajstić information content (AvgIpc) is 2.42. The lowest BCUT2D eigenvalue weighted by Crippen LogP contribution is -2.24. The fraction of sp³-hybridized carbons (Fsp3) is 0.357. The SMILES string of the molecule is NCCNCCCOc1cc(=O)oc2ccccc12. The van der Waals surface area contributed by atoms with E-state index < -0.39 is 5.63 Å². The maximum Gasteiger partial charge on any atom is 0.339 e. The van der Waals surface area contributed by atoms with Crippen LogP contribution in [0.25, 0.3) is 11.0 Å². The van der Waals surface area contributed by atoms with Crippen LogP contribution in [0.2, 0.25) is 0 Å². The van der Waals surface area contributed by atoms with Crippen LogP contribution in [0.4, 0.5) is 0 Å². The number of ether oxygens (including phenoxy) is 1. The Hall–Kier alpha value is -1.85. The maximum atomic E-state index is 11.4. The van der Waals surface area contributed by atoms with Crippen LogP contribution in [0.3, 0.4) is 0 Å². The van der Waals surface area contributed by atoms with E-state index >= 15 is 0 Å². The van der Waals surface area contributed by atoms with Gasteiger partial charge < -0.3 is 20.2 Å². The van der Waals surface area contributed by atoms with Gasteiger partial charge in [-0.2, -0.15) is 0 Å². The Bertz CT molecular complexity index is 580. The Morgan fingerprint density at radius 2 is 2.11 bits per heavy atom. The second kappa shape index (κ2) is 6.92. The monoisotopic (exact) mass is 262 g/mol. The summed E-state index contributed by atoms with van der Waals surface area (Å²) >= 11 is 0. The van der Waals surface area contributed by atoms with Crippen molar-refractivity contribution >= 4 is 11.0 Å². The molecule has 0 saturated carbocycles. The Morgan fingerprint density at radius 3 is 2.95 bits per heavy atom. The van der Waals surface area contributed by atoms with E-state index in [-0.39, 0.29) is 0 Å². The molecule has 2 rings (SSSR count). The van der Waals surface area contributed by atoms with E-state index in [0.717, 1.165) is 24.9 Å². The van der Waals surface area contributed by atoms with Gasteiger partial charge in [0.25, 0.3) is 0 Å². The molecule has 0 saturated heterocycles. The van der Waals surface area contributed by atoms with E-state index in [0.29, 0.717) is 24.5 Å². The largest absolute Gasteiger partial charge is 0.492 e. The molecule has 1 aromatic carbocycles. The molecule has 5 heteroatoms. The summed E-state index contributed by atoms with van der Waals surface area (Å²) in [5, 5.41) is 4.00. The molecule has 0 fully saturated rings. The van der Waals surface area contributed by atoms with Gasteiger partial charge in [0.1, 0.15) is 11.3 Å². The zero-order valence-corrected chi connectivity index (χ0v) is 10.7. The van der Waals surface area contributed by atoms with Gasteiger partial charge in [0, 0.05) is 13.1 Å². The molecule has 2 aromatic rings. The molecule has 0 atom stereocenters. The first-order valence-corrected chi connectivity index (χ1v) is 6.38. The second-order valence-corrected chi connectivity index (χ2v) is 4.17. The molecule has 0 aliphatic heterocycles.